The molecule has 0 heterocycles. The fourth-order valence-electron chi connectivity index (χ4n) is 3.70. The number of nitrogens with zero attached hydrogens (tertiary/aromatic N) is 2. The fraction of sp³-hybridized carbons (Fsp3) is 0.154. The van der Waals surface area contributed by atoms with Crippen LogP contribution in [-0.4, -0.2) is 5.11 Å². The van der Waals surface area contributed by atoms with Gasteiger partial charge in [-0.25, -0.2) is 0 Å². The van der Waals surface area contributed by atoms with Crippen molar-refractivity contribution in [3.8, 4) is 16.9 Å². The minimum atomic E-state index is 0.133. The Kier molecular flexibility index (Phi) is 4.89. The lowest BCUT2D eigenvalue weighted by Crippen LogP contribution is -1.92. The Morgan fingerprint density at radius 2 is 1.38 bits per heavy atom. The Bertz CT molecular complexity index is 1260. The Morgan fingerprint density at radius 3 is 2.21 bits per heavy atom. The summed E-state index contributed by atoms with van der Waals surface area (Å²) in [7, 11) is 0. The largest absolute Gasteiger partial charge is 0.506 e. The van der Waals surface area contributed by atoms with Gasteiger partial charge >= 0.3 is 0 Å². The quantitative estimate of drug-likeness (QED) is 0.361. The van der Waals surface area contributed by atoms with E-state index in [0.717, 1.165) is 22.0 Å². The molecule has 0 amide bonds. The number of phenolic OH excluding ortho intramolecular Hbond substituents is 1. The predicted molar refractivity (Wildman–Crippen MR) is 121 cm³/mol. The molecule has 0 bridgehead atoms. The van der Waals surface area contributed by atoms with E-state index < -0.39 is 0 Å². The number of hydrogen-bond donors (Lipinski definition) is 1. The molecule has 0 fully saturated rings. The summed E-state index contributed by atoms with van der Waals surface area (Å²) in [5, 5.41) is 21.1. The zero-order chi connectivity index (χ0) is 20.5. The molecule has 4 rings (SSSR count). The Balaban J connectivity index is 1.78. The summed E-state index contributed by atoms with van der Waals surface area (Å²) in [6.07, 6.45) is 0. The van der Waals surface area contributed by atoms with E-state index in [1.165, 1.54) is 27.8 Å². The van der Waals surface area contributed by atoms with Crippen LogP contribution in [0, 0.1) is 27.7 Å². The topological polar surface area (TPSA) is 45.0 Å². The highest BCUT2D eigenvalue weighted by Gasteiger charge is 2.11. The first-order chi connectivity index (χ1) is 14.0. The van der Waals surface area contributed by atoms with Crippen molar-refractivity contribution < 1.29 is 5.11 Å². The molecule has 0 saturated carbocycles. The average Bonchev–Trinajstić information content (AvgIpc) is 2.72. The van der Waals surface area contributed by atoms with Crippen molar-refractivity contribution in [2.45, 2.75) is 27.7 Å². The summed E-state index contributed by atoms with van der Waals surface area (Å²) in [5.41, 5.74) is 8.64. The molecule has 29 heavy (non-hydrogen) atoms. The smallest absolute Gasteiger partial charge is 0.143 e. The number of fused-ring (bicyclic) bond motifs is 1. The molecule has 144 valence electrons. The number of aromatic hydroxyl groups is 1. The monoisotopic (exact) mass is 380 g/mol. The Labute approximate surface area is 171 Å². The lowest BCUT2D eigenvalue weighted by molar-refractivity contribution is 0.477. The second-order valence-corrected chi connectivity index (χ2v) is 7.48. The summed E-state index contributed by atoms with van der Waals surface area (Å²) in [4.78, 5) is 0. The Hall–Kier alpha value is -3.46. The maximum atomic E-state index is 10.3. The highest BCUT2D eigenvalue weighted by atomic mass is 16.3. The molecule has 0 aromatic heterocycles. The van der Waals surface area contributed by atoms with Crippen LogP contribution in [0.5, 0.6) is 5.75 Å². The molecule has 0 aliphatic heterocycles. The van der Waals surface area contributed by atoms with Crippen LogP contribution >= 0.6 is 0 Å². The lowest BCUT2D eigenvalue weighted by Gasteiger charge is -2.14. The average molecular weight is 380 g/mol. The van der Waals surface area contributed by atoms with Gasteiger partial charge in [-0.1, -0.05) is 54.6 Å². The number of azo groups is 1. The maximum absolute atomic E-state index is 10.3. The van der Waals surface area contributed by atoms with Gasteiger partial charge in [-0.15, -0.1) is 5.11 Å². The number of benzene rings is 4. The van der Waals surface area contributed by atoms with Crippen LogP contribution < -0.4 is 0 Å². The molecule has 0 aliphatic carbocycles. The standard InChI is InChI=1S/C26H24N2O/c1-16-8-7-11-21(17(16)2)22-13-14-24(19(4)18(22)3)27-28-26-23-10-6-5-9-20(23)12-15-25(26)29/h5-15,29H,1-4H3. The summed E-state index contributed by atoms with van der Waals surface area (Å²) >= 11 is 0. The van der Waals surface area contributed by atoms with Crippen molar-refractivity contribution in [1.29, 1.82) is 0 Å². The molecule has 1 N–H and O–H groups in total. The van der Waals surface area contributed by atoms with E-state index in [0.29, 0.717) is 5.69 Å². The van der Waals surface area contributed by atoms with Crippen molar-refractivity contribution >= 4 is 22.1 Å². The summed E-state index contributed by atoms with van der Waals surface area (Å²) < 4.78 is 0. The van der Waals surface area contributed by atoms with Gasteiger partial charge in [0, 0.05) is 5.39 Å². The molecule has 4 aromatic carbocycles. The molecule has 4 aromatic rings. The molecular formula is C26H24N2O. The van der Waals surface area contributed by atoms with E-state index in [4.69, 9.17) is 0 Å². The van der Waals surface area contributed by atoms with Gasteiger partial charge in [-0.2, -0.15) is 5.11 Å². The van der Waals surface area contributed by atoms with Crippen molar-refractivity contribution in [3.05, 3.63) is 89.0 Å². The van der Waals surface area contributed by atoms with Gasteiger partial charge in [0.15, 0.2) is 0 Å². The number of hydrogen-bond acceptors (Lipinski definition) is 3. The van der Waals surface area contributed by atoms with Crippen LogP contribution in [0.3, 0.4) is 0 Å². The normalized spacial score (nSPS) is 11.4. The van der Waals surface area contributed by atoms with Crippen LogP contribution in [0.25, 0.3) is 21.9 Å². The van der Waals surface area contributed by atoms with Crippen molar-refractivity contribution in [2.75, 3.05) is 0 Å². The van der Waals surface area contributed by atoms with E-state index in [1.807, 2.05) is 36.4 Å². The summed E-state index contributed by atoms with van der Waals surface area (Å²) in [5.74, 6) is 0.133. The third-order valence-corrected chi connectivity index (χ3v) is 5.79. The maximum Gasteiger partial charge on any atom is 0.143 e. The third kappa shape index (κ3) is 3.40. The van der Waals surface area contributed by atoms with Crippen LogP contribution in [0.15, 0.2) is 77.0 Å². The number of aryl methyl sites for hydroxylation is 1. The fourth-order valence-corrected chi connectivity index (χ4v) is 3.70. The van der Waals surface area contributed by atoms with Gasteiger partial charge in [-0.05, 0) is 78.6 Å². The van der Waals surface area contributed by atoms with Crippen molar-refractivity contribution in [2.24, 2.45) is 10.2 Å². The third-order valence-electron chi connectivity index (χ3n) is 5.79. The van der Waals surface area contributed by atoms with E-state index in [2.05, 4.69) is 62.2 Å². The molecule has 0 spiro atoms. The van der Waals surface area contributed by atoms with Crippen LogP contribution in [0.4, 0.5) is 11.4 Å². The van der Waals surface area contributed by atoms with Crippen molar-refractivity contribution in [3.63, 3.8) is 0 Å². The second kappa shape index (κ2) is 7.51. The van der Waals surface area contributed by atoms with Crippen LogP contribution in [-0.2, 0) is 0 Å². The van der Waals surface area contributed by atoms with Crippen LogP contribution in [0.2, 0.25) is 0 Å². The first-order valence-electron chi connectivity index (χ1n) is 9.76. The van der Waals surface area contributed by atoms with Gasteiger partial charge < -0.3 is 5.11 Å². The molecule has 0 unspecified atom stereocenters. The van der Waals surface area contributed by atoms with Gasteiger partial charge in [0.2, 0.25) is 0 Å². The molecule has 3 nitrogen and oxygen atoms in total. The SMILES string of the molecule is Cc1cccc(-c2ccc(N=Nc3c(O)ccc4ccccc34)c(C)c2C)c1C. The lowest BCUT2D eigenvalue weighted by atomic mass is 9.91. The van der Waals surface area contributed by atoms with Crippen molar-refractivity contribution in [1.82, 2.24) is 0 Å². The highest BCUT2D eigenvalue weighted by molar-refractivity contribution is 5.95. The zero-order valence-electron chi connectivity index (χ0n) is 17.2. The molecule has 0 atom stereocenters. The number of phenols is 1. The molecular weight excluding hydrogens is 356 g/mol. The first-order valence-corrected chi connectivity index (χ1v) is 9.76. The summed E-state index contributed by atoms with van der Waals surface area (Å²) in [6, 6.07) is 21.9. The van der Waals surface area contributed by atoms with Gasteiger partial charge in [0.1, 0.15) is 11.4 Å². The predicted octanol–water partition coefficient (Wildman–Crippen LogP) is 7.86. The van der Waals surface area contributed by atoms with E-state index in [9.17, 15) is 5.11 Å². The molecule has 0 saturated heterocycles. The molecule has 0 aliphatic rings. The molecule has 3 heteroatoms. The first kappa shape index (κ1) is 18.9. The second-order valence-electron chi connectivity index (χ2n) is 7.48. The Morgan fingerprint density at radius 1 is 0.621 bits per heavy atom. The minimum Gasteiger partial charge on any atom is -0.506 e. The number of rotatable bonds is 3. The van der Waals surface area contributed by atoms with Crippen LogP contribution in [0.1, 0.15) is 22.3 Å². The zero-order valence-corrected chi connectivity index (χ0v) is 17.2. The highest BCUT2D eigenvalue weighted by Crippen LogP contribution is 2.38. The summed E-state index contributed by atoms with van der Waals surface area (Å²) in [6.45, 7) is 8.50. The van der Waals surface area contributed by atoms with Gasteiger partial charge in [0.05, 0.1) is 5.69 Å². The van der Waals surface area contributed by atoms with Gasteiger partial charge in [-0.3, -0.25) is 0 Å². The molecule has 0 radical (unpaired) electrons. The van der Waals surface area contributed by atoms with E-state index in [-0.39, 0.29) is 5.75 Å². The van der Waals surface area contributed by atoms with E-state index in [1.54, 1.807) is 6.07 Å². The minimum absolute atomic E-state index is 0.133. The van der Waals surface area contributed by atoms with E-state index >= 15 is 0 Å². The van der Waals surface area contributed by atoms with Gasteiger partial charge in [0.25, 0.3) is 0 Å².